The Labute approximate surface area is 289 Å². The zero-order valence-electron chi connectivity index (χ0n) is 29.9. The van der Waals surface area contributed by atoms with Gasteiger partial charge in [0.15, 0.2) is 0 Å². The van der Waals surface area contributed by atoms with E-state index in [1.807, 2.05) is 30.0 Å². The largest absolute Gasteiger partial charge is 0.461 e. The highest BCUT2D eigenvalue weighted by molar-refractivity contribution is 6.02. The Balaban J connectivity index is 1.29. The molecule has 10 nitrogen and oxygen atoms in total. The van der Waals surface area contributed by atoms with Crippen molar-refractivity contribution in [3.8, 4) is 0 Å². The number of rotatable bonds is 10. The number of alkyl carbamates (subject to hydrolysis) is 1. The molecule has 3 fully saturated rings. The molecule has 3 N–H and O–H groups in total. The molecule has 11 heteroatoms. The number of anilines is 1. The fourth-order valence-corrected chi connectivity index (χ4v) is 8.49. The number of aromatic amines is 1. The molecule has 0 radical (unpaired) electrons. The SMILES string of the molecule is CCOC(=O)c1[nH]c2ccc(NC(=O)[C@@H]3[C@H](C4CCCCC4)CCN3C(=O)[C@H]3CC[C@H]([C@@H](CCF)NC(=O)OC(C)(C)C)CC3)cc2c1C. The number of nitrogens with zero attached hydrogens (tertiary/aromatic N) is 1. The van der Waals surface area contributed by atoms with Gasteiger partial charge in [-0.3, -0.25) is 14.0 Å². The number of carbonyl (C=O) groups is 4. The van der Waals surface area contributed by atoms with Crippen molar-refractivity contribution in [3.05, 3.63) is 29.5 Å². The first-order valence-electron chi connectivity index (χ1n) is 18.4. The third-order valence-corrected chi connectivity index (χ3v) is 10.9. The number of hydrogen-bond acceptors (Lipinski definition) is 6. The monoisotopic (exact) mass is 682 g/mol. The number of amides is 3. The number of H-pyrrole nitrogens is 1. The quantitative estimate of drug-likeness (QED) is 0.223. The van der Waals surface area contributed by atoms with Crippen LogP contribution in [-0.2, 0) is 19.1 Å². The Kier molecular flexibility index (Phi) is 11.9. The van der Waals surface area contributed by atoms with E-state index in [9.17, 15) is 23.6 Å². The number of carbonyl (C=O) groups excluding carboxylic acids is 4. The topological polar surface area (TPSA) is 130 Å². The first kappa shape index (κ1) is 36.6. The van der Waals surface area contributed by atoms with E-state index in [-0.39, 0.29) is 48.6 Å². The first-order chi connectivity index (χ1) is 23.4. The Bertz CT molecular complexity index is 1490. The van der Waals surface area contributed by atoms with Crippen LogP contribution in [0.25, 0.3) is 10.9 Å². The number of benzene rings is 1. The van der Waals surface area contributed by atoms with Crippen LogP contribution in [0.5, 0.6) is 0 Å². The van der Waals surface area contributed by atoms with Gasteiger partial charge in [0.2, 0.25) is 11.8 Å². The average molecular weight is 683 g/mol. The minimum Gasteiger partial charge on any atom is -0.461 e. The first-order valence-corrected chi connectivity index (χ1v) is 18.4. The van der Waals surface area contributed by atoms with Gasteiger partial charge in [0.25, 0.3) is 0 Å². The third kappa shape index (κ3) is 8.76. The van der Waals surface area contributed by atoms with Gasteiger partial charge >= 0.3 is 12.1 Å². The maximum Gasteiger partial charge on any atom is 0.407 e. The highest BCUT2D eigenvalue weighted by Crippen LogP contribution is 2.42. The van der Waals surface area contributed by atoms with Gasteiger partial charge in [-0.1, -0.05) is 32.1 Å². The summed E-state index contributed by atoms with van der Waals surface area (Å²) in [6, 6.07) is 4.63. The summed E-state index contributed by atoms with van der Waals surface area (Å²) < 4.78 is 24.1. The van der Waals surface area contributed by atoms with Crippen LogP contribution < -0.4 is 10.6 Å². The van der Waals surface area contributed by atoms with Gasteiger partial charge in [0.1, 0.15) is 17.3 Å². The summed E-state index contributed by atoms with van der Waals surface area (Å²) in [5.41, 5.74) is 1.91. The second-order valence-electron chi connectivity index (χ2n) is 15.3. The maximum absolute atomic E-state index is 14.2. The zero-order valence-corrected chi connectivity index (χ0v) is 29.9. The Hall–Kier alpha value is -3.63. The number of aromatic nitrogens is 1. The molecule has 3 aliphatic rings. The molecule has 270 valence electrons. The van der Waals surface area contributed by atoms with Gasteiger partial charge in [0.05, 0.1) is 13.3 Å². The Morgan fingerprint density at radius 3 is 2.39 bits per heavy atom. The zero-order chi connectivity index (χ0) is 35.3. The standard InChI is InChI=1S/C38H55FN4O6/c1-6-48-36(46)32-23(2)29-22-27(16-17-31(29)41-32)40-34(44)33-28(24-10-8-7-9-11-24)19-21-43(33)35(45)26-14-12-25(13-15-26)30(18-20-39)42-37(47)49-38(3,4)5/h16-17,22,24-26,28,30,33,41H,6-15,18-21H2,1-5H3,(H,40,44)(H,42,47)/t25-,26-,28-,30+,33-/m0/s1. The summed E-state index contributed by atoms with van der Waals surface area (Å²) in [5, 5.41) is 6.85. The lowest BCUT2D eigenvalue weighted by Crippen LogP contribution is -2.50. The Morgan fingerprint density at radius 1 is 1.02 bits per heavy atom. The van der Waals surface area contributed by atoms with Crippen LogP contribution in [0.15, 0.2) is 18.2 Å². The number of nitrogens with one attached hydrogen (secondary N) is 3. The van der Waals surface area contributed by atoms with Crippen molar-refractivity contribution < 1.29 is 33.0 Å². The molecule has 1 saturated heterocycles. The molecular formula is C38H55FN4O6. The number of hydrogen-bond donors (Lipinski definition) is 3. The number of esters is 1. The molecule has 49 heavy (non-hydrogen) atoms. The summed E-state index contributed by atoms with van der Waals surface area (Å²) in [4.78, 5) is 58.4. The van der Waals surface area contributed by atoms with Gasteiger partial charge in [-0.25, -0.2) is 9.59 Å². The summed E-state index contributed by atoms with van der Waals surface area (Å²) in [7, 11) is 0. The normalized spacial score (nSPS) is 24.0. The van der Waals surface area contributed by atoms with Crippen LogP contribution in [0.3, 0.4) is 0 Å². The molecule has 2 heterocycles. The van der Waals surface area contributed by atoms with Gasteiger partial charge in [0, 0.05) is 35.1 Å². The van der Waals surface area contributed by atoms with Crippen molar-refractivity contribution in [2.75, 3.05) is 25.1 Å². The summed E-state index contributed by atoms with van der Waals surface area (Å²) in [5.74, 6) is -0.225. The molecule has 2 aliphatic carbocycles. The predicted molar refractivity (Wildman–Crippen MR) is 187 cm³/mol. The fourth-order valence-electron chi connectivity index (χ4n) is 8.49. The van der Waals surface area contributed by atoms with E-state index in [4.69, 9.17) is 9.47 Å². The van der Waals surface area contributed by atoms with Crippen molar-refractivity contribution in [3.63, 3.8) is 0 Å². The lowest BCUT2D eigenvalue weighted by Gasteiger charge is -2.37. The van der Waals surface area contributed by atoms with E-state index in [2.05, 4.69) is 15.6 Å². The molecule has 0 unspecified atom stereocenters. The highest BCUT2D eigenvalue weighted by atomic mass is 19.1. The molecule has 1 aromatic heterocycles. The number of aryl methyl sites for hydroxylation is 1. The van der Waals surface area contributed by atoms with E-state index in [0.717, 1.165) is 48.6 Å². The van der Waals surface area contributed by atoms with Crippen molar-refractivity contribution >= 4 is 40.5 Å². The van der Waals surface area contributed by atoms with Gasteiger partial charge < -0.3 is 30.0 Å². The van der Waals surface area contributed by atoms with Crippen LogP contribution in [0.4, 0.5) is 14.9 Å². The lowest BCUT2D eigenvalue weighted by molar-refractivity contribution is -0.142. The highest BCUT2D eigenvalue weighted by Gasteiger charge is 2.47. The van der Waals surface area contributed by atoms with E-state index in [1.165, 1.54) is 6.42 Å². The van der Waals surface area contributed by atoms with E-state index in [1.54, 1.807) is 27.7 Å². The van der Waals surface area contributed by atoms with Crippen LogP contribution in [0.1, 0.15) is 114 Å². The Morgan fingerprint density at radius 2 is 1.73 bits per heavy atom. The predicted octanol–water partition coefficient (Wildman–Crippen LogP) is 7.45. The third-order valence-electron chi connectivity index (χ3n) is 10.9. The molecule has 0 spiro atoms. The van der Waals surface area contributed by atoms with Gasteiger partial charge in [-0.2, -0.15) is 0 Å². The minimum absolute atomic E-state index is 0.0232. The van der Waals surface area contributed by atoms with Gasteiger partial charge in [-0.15, -0.1) is 0 Å². The van der Waals surface area contributed by atoms with Gasteiger partial charge in [-0.05, 0) is 115 Å². The van der Waals surface area contributed by atoms with E-state index < -0.39 is 30.4 Å². The van der Waals surface area contributed by atoms with Crippen LogP contribution in [0.2, 0.25) is 0 Å². The molecule has 2 aromatic rings. The molecule has 3 amide bonds. The molecule has 3 atom stereocenters. The van der Waals surface area contributed by atoms with E-state index >= 15 is 0 Å². The molecule has 1 aromatic carbocycles. The average Bonchev–Trinajstić information content (AvgIpc) is 3.66. The van der Waals surface area contributed by atoms with Crippen LogP contribution in [0, 0.1) is 30.6 Å². The second-order valence-corrected chi connectivity index (χ2v) is 15.3. The molecule has 2 saturated carbocycles. The number of likely N-dealkylation sites (tertiary alicyclic amines) is 1. The maximum atomic E-state index is 14.2. The van der Waals surface area contributed by atoms with E-state index in [0.29, 0.717) is 49.5 Å². The minimum atomic E-state index is -0.649. The summed E-state index contributed by atoms with van der Waals surface area (Å²) in [6.07, 6.45) is 8.78. The van der Waals surface area contributed by atoms with Crippen molar-refractivity contribution in [2.24, 2.45) is 23.7 Å². The molecule has 1 aliphatic heterocycles. The van der Waals surface area contributed by atoms with Crippen molar-refractivity contribution in [1.82, 2.24) is 15.2 Å². The second kappa shape index (κ2) is 15.9. The molecular weight excluding hydrogens is 627 g/mol. The van der Waals surface area contributed by atoms with Crippen molar-refractivity contribution in [1.29, 1.82) is 0 Å². The molecule has 0 bridgehead atoms. The van der Waals surface area contributed by atoms with Crippen LogP contribution >= 0.6 is 0 Å². The number of fused-ring (bicyclic) bond motifs is 1. The molecule has 5 rings (SSSR count). The summed E-state index contributed by atoms with van der Waals surface area (Å²) >= 11 is 0. The van der Waals surface area contributed by atoms with Crippen molar-refractivity contribution in [2.45, 2.75) is 123 Å². The number of halogens is 1. The number of ether oxygens (including phenoxy) is 2. The number of alkyl halides is 1. The lowest BCUT2D eigenvalue weighted by atomic mass is 9.75. The fraction of sp³-hybridized carbons (Fsp3) is 0.684. The summed E-state index contributed by atoms with van der Waals surface area (Å²) in [6.45, 7) is 9.30. The smallest absolute Gasteiger partial charge is 0.407 e. The van der Waals surface area contributed by atoms with Crippen LogP contribution in [-0.4, -0.2) is 71.3 Å².